The number of benzene rings is 1. The number of nitrogens with one attached hydrogen (secondary N) is 1. The molecule has 0 atom stereocenters. The third-order valence-electron chi connectivity index (χ3n) is 2.60. The van der Waals surface area contributed by atoms with Crippen molar-refractivity contribution in [3.05, 3.63) is 47.0 Å². The number of ether oxygens (including phenoxy) is 2. The maximum Gasteiger partial charge on any atom is 0.413 e. The molecule has 0 radical (unpaired) electrons. The molecule has 2 aromatic rings. The maximum atomic E-state index is 11.7. The average molecular weight is 320 g/mol. The summed E-state index contributed by atoms with van der Waals surface area (Å²) in [6.45, 7) is 2.27. The van der Waals surface area contributed by atoms with E-state index in [0.29, 0.717) is 17.4 Å². The van der Waals surface area contributed by atoms with Gasteiger partial charge in [0.15, 0.2) is 5.13 Å². The second-order valence-electron chi connectivity index (χ2n) is 4.31. The summed E-state index contributed by atoms with van der Waals surface area (Å²) in [5.41, 5.74) is 1.46. The second kappa shape index (κ2) is 8.14. The van der Waals surface area contributed by atoms with Crippen LogP contribution in [0, 0.1) is 0 Å². The molecule has 6 nitrogen and oxygen atoms in total. The molecule has 0 aliphatic carbocycles. The molecule has 0 spiro atoms. The van der Waals surface area contributed by atoms with Crippen LogP contribution in [-0.2, 0) is 27.3 Å². The number of hydrogen-bond acceptors (Lipinski definition) is 6. The molecular formula is C15H16N2O4S. The Morgan fingerprint density at radius 2 is 2.00 bits per heavy atom. The molecule has 0 unspecified atom stereocenters. The molecule has 1 N–H and O–H groups in total. The van der Waals surface area contributed by atoms with E-state index in [-0.39, 0.29) is 19.0 Å². The van der Waals surface area contributed by atoms with Crippen LogP contribution in [0.15, 0.2) is 35.7 Å². The van der Waals surface area contributed by atoms with E-state index in [0.717, 1.165) is 5.56 Å². The van der Waals surface area contributed by atoms with E-state index in [9.17, 15) is 9.59 Å². The highest BCUT2D eigenvalue weighted by Gasteiger charge is 2.11. The van der Waals surface area contributed by atoms with Crippen LogP contribution in [0.25, 0.3) is 0 Å². The van der Waals surface area contributed by atoms with E-state index >= 15 is 0 Å². The van der Waals surface area contributed by atoms with Crippen LogP contribution in [0.2, 0.25) is 0 Å². The maximum absolute atomic E-state index is 11.7. The van der Waals surface area contributed by atoms with Crippen molar-refractivity contribution in [2.75, 3.05) is 11.9 Å². The molecule has 0 saturated heterocycles. The third-order valence-corrected chi connectivity index (χ3v) is 3.41. The molecule has 22 heavy (non-hydrogen) atoms. The fourth-order valence-electron chi connectivity index (χ4n) is 1.65. The van der Waals surface area contributed by atoms with Crippen LogP contribution in [0.4, 0.5) is 9.93 Å². The predicted molar refractivity (Wildman–Crippen MR) is 82.7 cm³/mol. The van der Waals surface area contributed by atoms with Gasteiger partial charge in [0.05, 0.1) is 18.7 Å². The van der Waals surface area contributed by atoms with Crippen molar-refractivity contribution in [3.8, 4) is 0 Å². The van der Waals surface area contributed by atoms with Gasteiger partial charge in [0.2, 0.25) is 0 Å². The molecule has 1 aromatic heterocycles. The molecule has 0 bridgehead atoms. The van der Waals surface area contributed by atoms with Crippen LogP contribution in [0.3, 0.4) is 0 Å². The van der Waals surface area contributed by atoms with Crippen LogP contribution < -0.4 is 5.32 Å². The van der Waals surface area contributed by atoms with E-state index in [1.54, 1.807) is 12.3 Å². The highest BCUT2D eigenvalue weighted by molar-refractivity contribution is 7.13. The summed E-state index contributed by atoms with van der Waals surface area (Å²) in [5.74, 6) is -0.342. The Labute approximate surface area is 132 Å². The smallest absolute Gasteiger partial charge is 0.413 e. The topological polar surface area (TPSA) is 77.5 Å². The van der Waals surface area contributed by atoms with Gasteiger partial charge in [0.1, 0.15) is 6.61 Å². The molecular weight excluding hydrogens is 304 g/mol. The van der Waals surface area contributed by atoms with Gasteiger partial charge in [-0.25, -0.2) is 9.78 Å². The Morgan fingerprint density at radius 1 is 1.23 bits per heavy atom. The van der Waals surface area contributed by atoms with Gasteiger partial charge >= 0.3 is 12.1 Å². The molecule has 1 amide bonds. The zero-order chi connectivity index (χ0) is 15.8. The number of esters is 1. The summed E-state index contributed by atoms with van der Waals surface area (Å²) in [7, 11) is 0. The fraction of sp³-hybridized carbons (Fsp3) is 0.267. The monoisotopic (exact) mass is 320 g/mol. The third kappa shape index (κ3) is 5.17. The quantitative estimate of drug-likeness (QED) is 0.828. The lowest BCUT2D eigenvalue weighted by Gasteiger charge is -2.04. The number of hydrogen-bond donors (Lipinski definition) is 1. The number of carbonyl (C=O) groups is 2. The summed E-state index contributed by atoms with van der Waals surface area (Å²) >= 11 is 1.23. The standard InChI is InChI=1S/C15H16N2O4S/c1-2-20-13(18)8-12-10-22-14(16-12)17-15(19)21-9-11-6-4-3-5-7-11/h3-7,10H,2,8-9H2,1H3,(H,16,17,19). The van der Waals surface area contributed by atoms with Gasteiger partial charge < -0.3 is 9.47 Å². The van der Waals surface area contributed by atoms with E-state index < -0.39 is 6.09 Å². The van der Waals surface area contributed by atoms with Gasteiger partial charge in [-0.2, -0.15) is 0 Å². The van der Waals surface area contributed by atoms with Crippen molar-refractivity contribution >= 4 is 28.5 Å². The summed E-state index contributed by atoms with van der Waals surface area (Å²) in [6, 6.07) is 9.38. The Bertz CT molecular complexity index is 627. The minimum absolute atomic E-state index is 0.0884. The van der Waals surface area contributed by atoms with E-state index in [1.807, 2.05) is 30.3 Å². The van der Waals surface area contributed by atoms with Gasteiger partial charge in [0.25, 0.3) is 0 Å². The lowest BCUT2D eigenvalue weighted by molar-refractivity contribution is -0.142. The summed E-state index contributed by atoms with van der Waals surface area (Å²) in [4.78, 5) is 27.1. The summed E-state index contributed by atoms with van der Waals surface area (Å²) in [5, 5.41) is 4.62. The Morgan fingerprint density at radius 3 is 2.73 bits per heavy atom. The largest absolute Gasteiger partial charge is 0.466 e. The van der Waals surface area contributed by atoms with Gasteiger partial charge in [0, 0.05) is 5.38 Å². The van der Waals surface area contributed by atoms with Gasteiger partial charge in [-0.15, -0.1) is 11.3 Å². The number of aromatic nitrogens is 1. The first-order valence-corrected chi connectivity index (χ1v) is 7.63. The van der Waals surface area contributed by atoms with Crippen molar-refractivity contribution in [2.45, 2.75) is 20.0 Å². The summed E-state index contributed by atoms with van der Waals surface area (Å²) < 4.78 is 9.92. The number of anilines is 1. The molecule has 0 aliphatic heterocycles. The SMILES string of the molecule is CCOC(=O)Cc1csc(NC(=O)OCc2ccccc2)n1. The minimum Gasteiger partial charge on any atom is -0.466 e. The van der Waals surface area contributed by atoms with Gasteiger partial charge in [-0.05, 0) is 12.5 Å². The first kappa shape index (κ1) is 16.0. The number of rotatable bonds is 6. The Kier molecular flexibility index (Phi) is 5.91. The zero-order valence-electron chi connectivity index (χ0n) is 12.1. The van der Waals surface area contributed by atoms with E-state index in [4.69, 9.17) is 9.47 Å². The van der Waals surface area contributed by atoms with Crippen molar-refractivity contribution in [2.24, 2.45) is 0 Å². The van der Waals surface area contributed by atoms with E-state index in [1.165, 1.54) is 11.3 Å². The van der Waals surface area contributed by atoms with Crippen molar-refractivity contribution in [3.63, 3.8) is 0 Å². The van der Waals surface area contributed by atoms with Gasteiger partial charge in [-0.3, -0.25) is 10.1 Å². The normalized spacial score (nSPS) is 10.0. The first-order valence-electron chi connectivity index (χ1n) is 6.75. The average Bonchev–Trinajstić information content (AvgIpc) is 2.93. The molecule has 1 heterocycles. The van der Waals surface area contributed by atoms with E-state index in [2.05, 4.69) is 10.3 Å². The molecule has 7 heteroatoms. The van der Waals surface area contributed by atoms with Crippen molar-refractivity contribution in [1.82, 2.24) is 4.98 Å². The van der Waals surface area contributed by atoms with Crippen LogP contribution in [0.5, 0.6) is 0 Å². The number of nitrogens with zero attached hydrogens (tertiary/aromatic N) is 1. The highest BCUT2D eigenvalue weighted by atomic mass is 32.1. The molecule has 2 rings (SSSR count). The van der Waals surface area contributed by atoms with Gasteiger partial charge in [-0.1, -0.05) is 30.3 Å². The molecule has 0 fully saturated rings. The summed E-state index contributed by atoms with van der Waals surface area (Å²) in [6.07, 6.45) is -0.494. The fourth-order valence-corrected chi connectivity index (χ4v) is 2.35. The van der Waals surface area contributed by atoms with Crippen LogP contribution in [0.1, 0.15) is 18.2 Å². The van der Waals surface area contributed by atoms with Crippen molar-refractivity contribution in [1.29, 1.82) is 0 Å². The van der Waals surface area contributed by atoms with Crippen molar-refractivity contribution < 1.29 is 19.1 Å². The minimum atomic E-state index is -0.583. The Balaban J connectivity index is 1.79. The number of amides is 1. The van der Waals surface area contributed by atoms with Crippen LogP contribution >= 0.6 is 11.3 Å². The number of thiazole rings is 1. The lowest BCUT2D eigenvalue weighted by atomic mass is 10.2. The number of carbonyl (C=O) groups excluding carboxylic acids is 2. The zero-order valence-corrected chi connectivity index (χ0v) is 12.9. The Hall–Kier alpha value is -2.41. The molecule has 1 aromatic carbocycles. The first-order chi connectivity index (χ1) is 10.7. The lowest BCUT2D eigenvalue weighted by Crippen LogP contribution is -2.13. The second-order valence-corrected chi connectivity index (χ2v) is 5.17. The predicted octanol–water partition coefficient (Wildman–Crippen LogP) is 3.00. The molecule has 0 aliphatic rings. The van der Waals surface area contributed by atoms with Crippen LogP contribution in [-0.4, -0.2) is 23.7 Å². The molecule has 0 saturated carbocycles. The highest BCUT2D eigenvalue weighted by Crippen LogP contribution is 2.16. The molecule has 116 valence electrons.